The first kappa shape index (κ1) is 16.1. The molecule has 3 aromatic rings. The van der Waals surface area contributed by atoms with E-state index in [1.807, 2.05) is 71.6 Å². The molecule has 0 bridgehead atoms. The summed E-state index contributed by atoms with van der Waals surface area (Å²) in [4.78, 5) is 14.4. The first-order valence-corrected chi connectivity index (χ1v) is 10.1. The molecule has 0 unspecified atom stereocenters. The molecule has 1 saturated heterocycles. The van der Waals surface area contributed by atoms with Gasteiger partial charge >= 0.3 is 5.24 Å². The Balaban J connectivity index is 1.95. The van der Waals surface area contributed by atoms with E-state index in [-0.39, 0.29) is 5.24 Å². The van der Waals surface area contributed by atoms with Gasteiger partial charge in [-0.15, -0.1) is 0 Å². The SMILES string of the molecule is O=C1SSC(=C(c2ccccc2)c2ccccc2)N1c1ccccc1. The van der Waals surface area contributed by atoms with Gasteiger partial charge in [0.25, 0.3) is 0 Å². The predicted molar refractivity (Wildman–Crippen MR) is 108 cm³/mol. The summed E-state index contributed by atoms with van der Waals surface area (Å²) in [5.74, 6) is 0. The molecule has 1 aliphatic rings. The molecule has 122 valence electrons. The third kappa shape index (κ3) is 3.23. The molecular weight excluding hydrogens is 346 g/mol. The minimum absolute atomic E-state index is 0.0376. The van der Waals surface area contributed by atoms with Crippen molar-refractivity contribution in [1.82, 2.24) is 0 Å². The van der Waals surface area contributed by atoms with Crippen LogP contribution in [-0.4, -0.2) is 5.24 Å². The van der Waals surface area contributed by atoms with Crippen molar-refractivity contribution in [1.29, 1.82) is 0 Å². The lowest BCUT2D eigenvalue weighted by Gasteiger charge is -2.20. The molecule has 0 saturated carbocycles. The van der Waals surface area contributed by atoms with E-state index in [1.54, 1.807) is 0 Å². The fraction of sp³-hybridized carbons (Fsp3) is 0. The van der Waals surface area contributed by atoms with E-state index in [4.69, 9.17) is 0 Å². The molecule has 25 heavy (non-hydrogen) atoms. The Labute approximate surface area is 155 Å². The number of hydrogen-bond donors (Lipinski definition) is 0. The minimum atomic E-state index is 0.0376. The second-order valence-corrected chi connectivity index (χ2v) is 7.59. The van der Waals surface area contributed by atoms with Crippen LogP contribution in [-0.2, 0) is 0 Å². The molecule has 0 N–H and O–H groups in total. The highest BCUT2D eigenvalue weighted by atomic mass is 33.1. The molecule has 1 amide bonds. The van der Waals surface area contributed by atoms with Crippen molar-refractivity contribution in [2.24, 2.45) is 0 Å². The molecule has 1 fully saturated rings. The van der Waals surface area contributed by atoms with Crippen molar-refractivity contribution in [3.63, 3.8) is 0 Å². The van der Waals surface area contributed by atoms with Gasteiger partial charge in [-0.2, -0.15) is 0 Å². The van der Waals surface area contributed by atoms with Crippen LogP contribution in [0.25, 0.3) is 5.57 Å². The molecule has 1 aliphatic heterocycles. The van der Waals surface area contributed by atoms with Gasteiger partial charge in [0.1, 0.15) is 5.03 Å². The highest BCUT2D eigenvalue weighted by Gasteiger charge is 2.32. The molecule has 0 aliphatic carbocycles. The maximum absolute atomic E-state index is 12.6. The lowest BCUT2D eigenvalue weighted by Crippen LogP contribution is -2.21. The Bertz CT molecular complexity index is 867. The number of hydrogen-bond acceptors (Lipinski definition) is 3. The summed E-state index contributed by atoms with van der Waals surface area (Å²) >= 11 is 0. The average Bonchev–Trinajstić information content (AvgIpc) is 3.05. The van der Waals surface area contributed by atoms with E-state index in [0.717, 1.165) is 27.4 Å². The van der Waals surface area contributed by atoms with Crippen LogP contribution in [0.1, 0.15) is 11.1 Å². The first-order valence-electron chi connectivity index (χ1n) is 7.93. The number of benzene rings is 3. The number of amides is 1. The topological polar surface area (TPSA) is 20.3 Å². The van der Waals surface area contributed by atoms with E-state index in [0.29, 0.717) is 0 Å². The van der Waals surface area contributed by atoms with Crippen molar-refractivity contribution in [3.8, 4) is 0 Å². The lowest BCUT2D eigenvalue weighted by molar-refractivity contribution is 0.267. The minimum Gasteiger partial charge on any atom is -0.264 e. The maximum Gasteiger partial charge on any atom is 0.302 e. The van der Waals surface area contributed by atoms with Crippen LogP contribution in [0.5, 0.6) is 0 Å². The van der Waals surface area contributed by atoms with Gasteiger partial charge in [-0.25, -0.2) is 0 Å². The number of carbonyl (C=O) groups is 1. The van der Waals surface area contributed by atoms with Gasteiger partial charge in [-0.05, 0) is 34.1 Å². The van der Waals surface area contributed by atoms with Crippen LogP contribution >= 0.6 is 21.6 Å². The number of rotatable bonds is 3. The van der Waals surface area contributed by atoms with Gasteiger partial charge in [-0.3, -0.25) is 9.69 Å². The van der Waals surface area contributed by atoms with Gasteiger partial charge in [0.15, 0.2) is 0 Å². The number of carbonyl (C=O) groups excluding carboxylic acids is 1. The molecule has 3 aromatic carbocycles. The highest BCUT2D eigenvalue weighted by Crippen LogP contribution is 2.49. The Morgan fingerprint density at radius 1 is 0.640 bits per heavy atom. The van der Waals surface area contributed by atoms with E-state index < -0.39 is 0 Å². The Hall–Kier alpha value is -2.43. The summed E-state index contributed by atoms with van der Waals surface area (Å²) in [5, 5.41) is 0.995. The molecule has 4 heteroatoms. The molecule has 0 spiro atoms. The van der Waals surface area contributed by atoms with Gasteiger partial charge < -0.3 is 0 Å². The highest BCUT2D eigenvalue weighted by molar-refractivity contribution is 8.84. The summed E-state index contributed by atoms with van der Waals surface area (Å²) in [6, 6.07) is 30.3. The largest absolute Gasteiger partial charge is 0.302 e. The third-order valence-corrected chi connectivity index (χ3v) is 6.04. The Morgan fingerprint density at radius 3 is 1.64 bits per heavy atom. The zero-order chi connectivity index (χ0) is 17.1. The molecule has 0 atom stereocenters. The van der Waals surface area contributed by atoms with E-state index in [1.165, 1.54) is 21.6 Å². The second-order valence-electron chi connectivity index (χ2n) is 5.52. The summed E-state index contributed by atoms with van der Waals surface area (Å²) in [6.07, 6.45) is 0. The number of nitrogens with zero attached hydrogens (tertiary/aromatic N) is 1. The predicted octanol–water partition coefficient (Wildman–Crippen LogP) is 6.43. The molecule has 2 nitrogen and oxygen atoms in total. The van der Waals surface area contributed by atoms with E-state index >= 15 is 0 Å². The molecule has 1 heterocycles. The summed E-state index contributed by atoms with van der Waals surface area (Å²) in [7, 11) is 2.80. The van der Waals surface area contributed by atoms with Crippen molar-refractivity contribution < 1.29 is 4.79 Å². The van der Waals surface area contributed by atoms with Crippen LogP contribution in [0.15, 0.2) is 96.0 Å². The second kappa shape index (κ2) is 7.21. The lowest BCUT2D eigenvalue weighted by atomic mass is 9.98. The maximum atomic E-state index is 12.6. The van der Waals surface area contributed by atoms with Gasteiger partial charge in [-0.1, -0.05) is 78.9 Å². The van der Waals surface area contributed by atoms with Crippen molar-refractivity contribution in [2.75, 3.05) is 4.90 Å². The summed E-state index contributed by atoms with van der Waals surface area (Å²) in [5.41, 5.74) is 4.18. The van der Waals surface area contributed by atoms with Crippen LogP contribution in [0.2, 0.25) is 0 Å². The van der Waals surface area contributed by atoms with Crippen LogP contribution in [0.4, 0.5) is 10.5 Å². The molecule has 0 radical (unpaired) electrons. The van der Waals surface area contributed by atoms with Gasteiger partial charge in [0.05, 0.1) is 5.69 Å². The third-order valence-electron chi connectivity index (χ3n) is 3.93. The summed E-state index contributed by atoms with van der Waals surface area (Å²) in [6.45, 7) is 0. The summed E-state index contributed by atoms with van der Waals surface area (Å²) < 4.78 is 0. The smallest absolute Gasteiger partial charge is 0.264 e. The van der Waals surface area contributed by atoms with E-state index in [2.05, 4.69) is 24.3 Å². The molecular formula is C21H15NOS2. The number of anilines is 1. The van der Waals surface area contributed by atoms with E-state index in [9.17, 15) is 4.79 Å². The average molecular weight is 361 g/mol. The van der Waals surface area contributed by atoms with Crippen molar-refractivity contribution in [3.05, 3.63) is 107 Å². The van der Waals surface area contributed by atoms with Crippen molar-refractivity contribution in [2.45, 2.75) is 0 Å². The zero-order valence-corrected chi connectivity index (χ0v) is 15.0. The quantitative estimate of drug-likeness (QED) is 0.502. The molecule has 0 aromatic heterocycles. The standard InChI is InChI=1S/C21H15NOS2/c23-21-22(18-14-8-3-9-15-18)20(24-25-21)19(16-10-4-1-5-11-16)17-12-6-2-7-13-17/h1-15H. The van der Waals surface area contributed by atoms with Crippen LogP contribution in [0, 0.1) is 0 Å². The normalized spacial score (nSPS) is 14.0. The first-order chi connectivity index (χ1) is 12.3. The molecule has 4 rings (SSSR count). The van der Waals surface area contributed by atoms with Crippen LogP contribution in [0.3, 0.4) is 0 Å². The number of para-hydroxylation sites is 1. The van der Waals surface area contributed by atoms with Gasteiger partial charge in [0, 0.05) is 16.4 Å². The fourth-order valence-corrected chi connectivity index (χ4v) is 5.02. The Morgan fingerprint density at radius 2 is 1.12 bits per heavy atom. The van der Waals surface area contributed by atoms with Crippen LogP contribution < -0.4 is 4.90 Å². The van der Waals surface area contributed by atoms with Gasteiger partial charge in [0.2, 0.25) is 0 Å². The monoisotopic (exact) mass is 361 g/mol. The fourth-order valence-electron chi connectivity index (χ4n) is 2.81. The Kier molecular flexibility index (Phi) is 4.63. The van der Waals surface area contributed by atoms with Crippen molar-refractivity contribution >= 4 is 38.1 Å². The zero-order valence-electron chi connectivity index (χ0n) is 13.3.